The van der Waals surface area contributed by atoms with E-state index in [1.54, 1.807) is 0 Å². The van der Waals surface area contributed by atoms with Crippen LogP contribution < -0.4 is 0 Å². The Kier molecular flexibility index (Phi) is 2.69. The highest BCUT2D eigenvalue weighted by molar-refractivity contribution is 6.35. The first-order valence-electron chi connectivity index (χ1n) is 2.92. The molecular weight excluding hydrogens is 226 g/mol. The molecule has 0 atom stereocenters. The molecule has 0 saturated carbocycles. The second-order valence-electron chi connectivity index (χ2n) is 2.06. The zero-order chi connectivity index (χ0) is 10.2. The molecule has 1 aromatic rings. The van der Waals surface area contributed by atoms with Crippen molar-refractivity contribution >= 4 is 23.2 Å². The smallest absolute Gasteiger partial charge is 0.181 e. The van der Waals surface area contributed by atoms with Gasteiger partial charge in [0, 0.05) is 0 Å². The van der Waals surface area contributed by atoms with Crippen LogP contribution in [0.1, 0.15) is 5.56 Å². The van der Waals surface area contributed by atoms with Gasteiger partial charge < -0.3 is 0 Å². The molecule has 0 spiro atoms. The van der Waals surface area contributed by atoms with Crippen molar-refractivity contribution in [3.63, 3.8) is 0 Å². The standard InChI is InChI=1S/C7Cl2F3N/c8-3-2(1-13)5(10)7(12)4(9)6(3)11. The van der Waals surface area contributed by atoms with Crippen molar-refractivity contribution in [2.45, 2.75) is 0 Å². The van der Waals surface area contributed by atoms with Crippen molar-refractivity contribution in [2.24, 2.45) is 0 Å². The average molecular weight is 226 g/mol. The third-order valence-corrected chi connectivity index (χ3v) is 2.01. The van der Waals surface area contributed by atoms with Gasteiger partial charge in [0.05, 0.1) is 5.02 Å². The van der Waals surface area contributed by atoms with E-state index < -0.39 is 33.1 Å². The summed E-state index contributed by atoms with van der Waals surface area (Å²) in [6, 6.07) is 1.23. The van der Waals surface area contributed by atoms with E-state index in [0.29, 0.717) is 0 Å². The van der Waals surface area contributed by atoms with E-state index in [1.165, 1.54) is 6.07 Å². The third-order valence-electron chi connectivity index (χ3n) is 1.32. The molecule has 6 heteroatoms. The summed E-state index contributed by atoms with van der Waals surface area (Å²) in [5, 5.41) is 6.42. The molecule has 0 saturated heterocycles. The fourth-order valence-electron chi connectivity index (χ4n) is 0.703. The van der Waals surface area contributed by atoms with Gasteiger partial charge in [-0.1, -0.05) is 23.2 Å². The fourth-order valence-corrected chi connectivity index (χ4v) is 1.15. The molecule has 13 heavy (non-hydrogen) atoms. The van der Waals surface area contributed by atoms with Gasteiger partial charge in [-0.3, -0.25) is 0 Å². The van der Waals surface area contributed by atoms with Crippen molar-refractivity contribution < 1.29 is 13.2 Å². The number of hydrogen-bond acceptors (Lipinski definition) is 1. The average Bonchev–Trinajstić information content (AvgIpc) is 2.13. The Labute approximate surface area is 81.3 Å². The molecule has 68 valence electrons. The maximum Gasteiger partial charge on any atom is 0.181 e. The van der Waals surface area contributed by atoms with Crippen LogP contribution in [0.15, 0.2) is 0 Å². The summed E-state index contributed by atoms with van der Waals surface area (Å²) in [5.74, 6) is -4.49. The molecule has 0 amide bonds. The zero-order valence-corrected chi connectivity index (χ0v) is 7.35. The third kappa shape index (κ3) is 1.45. The summed E-state index contributed by atoms with van der Waals surface area (Å²) < 4.78 is 38.2. The predicted octanol–water partition coefficient (Wildman–Crippen LogP) is 3.28. The van der Waals surface area contributed by atoms with Crippen LogP contribution in [-0.4, -0.2) is 0 Å². The lowest BCUT2D eigenvalue weighted by molar-refractivity contribution is 0.493. The molecule has 0 N–H and O–H groups in total. The largest absolute Gasteiger partial charge is 0.204 e. The molecule has 0 heterocycles. The van der Waals surface area contributed by atoms with Crippen LogP contribution in [0.2, 0.25) is 10.0 Å². The van der Waals surface area contributed by atoms with Gasteiger partial charge in [0.15, 0.2) is 17.5 Å². The quantitative estimate of drug-likeness (QED) is 0.491. The Morgan fingerprint density at radius 3 is 1.92 bits per heavy atom. The Balaban J connectivity index is 3.69. The van der Waals surface area contributed by atoms with Crippen LogP contribution in [0.25, 0.3) is 0 Å². The van der Waals surface area contributed by atoms with Crippen molar-refractivity contribution in [3.05, 3.63) is 33.1 Å². The molecule has 1 rings (SSSR count). The summed E-state index contributed by atoms with van der Waals surface area (Å²) in [4.78, 5) is 0. The van der Waals surface area contributed by atoms with E-state index in [1.807, 2.05) is 0 Å². The van der Waals surface area contributed by atoms with Gasteiger partial charge in [0.2, 0.25) is 0 Å². The predicted molar refractivity (Wildman–Crippen MR) is 41.1 cm³/mol. The highest BCUT2D eigenvalue weighted by atomic mass is 35.5. The van der Waals surface area contributed by atoms with Gasteiger partial charge in [0.25, 0.3) is 0 Å². The Hall–Kier alpha value is -0.920. The first-order chi connectivity index (χ1) is 6.00. The van der Waals surface area contributed by atoms with E-state index in [0.717, 1.165) is 0 Å². The second-order valence-corrected chi connectivity index (χ2v) is 2.81. The summed E-state index contributed by atoms with van der Waals surface area (Å²) in [6.45, 7) is 0. The van der Waals surface area contributed by atoms with Crippen LogP contribution in [0.5, 0.6) is 0 Å². The first kappa shape index (κ1) is 10.2. The van der Waals surface area contributed by atoms with E-state index in [9.17, 15) is 13.2 Å². The lowest BCUT2D eigenvalue weighted by Crippen LogP contribution is -1.96. The van der Waals surface area contributed by atoms with Crippen molar-refractivity contribution in [1.82, 2.24) is 0 Å². The van der Waals surface area contributed by atoms with Crippen LogP contribution in [0.4, 0.5) is 13.2 Å². The van der Waals surface area contributed by atoms with E-state index in [4.69, 9.17) is 28.5 Å². The van der Waals surface area contributed by atoms with Gasteiger partial charge in [-0.05, 0) is 0 Å². The number of benzene rings is 1. The monoisotopic (exact) mass is 225 g/mol. The van der Waals surface area contributed by atoms with Gasteiger partial charge in [0.1, 0.15) is 16.7 Å². The molecule has 0 radical (unpaired) electrons. The number of halogens is 5. The van der Waals surface area contributed by atoms with Crippen molar-refractivity contribution in [3.8, 4) is 6.07 Å². The molecule has 0 bridgehead atoms. The van der Waals surface area contributed by atoms with E-state index in [2.05, 4.69) is 0 Å². The van der Waals surface area contributed by atoms with Crippen LogP contribution >= 0.6 is 23.2 Å². The van der Waals surface area contributed by atoms with Crippen molar-refractivity contribution in [2.75, 3.05) is 0 Å². The number of nitriles is 1. The molecule has 0 aliphatic carbocycles. The number of hydrogen-bond donors (Lipinski definition) is 0. The lowest BCUT2D eigenvalue weighted by atomic mass is 10.2. The molecule has 1 nitrogen and oxygen atoms in total. The second kappa shape index (κ2) is 3.44. The van der Waals surface area contributed by atoms with Gasteiger partial charge >= 0.3 is 0 Å². The molecular formula is C7Cl2F3N. The van der Waals surface area contributed by atoms with Crippen LogP contribution in [0, 0.1) is 28.8 Å². The SMILES string of the molecule is N#Cc1c(F)c(F)c(Cl)c(F)c1Cl. The summed E-state index contributed by atoms with van der Waals surface area (Å²) >= 11 is 10.2. The Bertz CT molecular complexity index is 382. The van der Waals surface area contributed by atoms with Crippen LogP contribution in [0.3, 0.4) is 0 Å². The normalized spacial score (nSPS) is 9.85. The highest BCUT2D eigenvalue weighted by Gasteiger charge is 2.22. The van der Waals surface area contributed by atoms with E-state index in [-0.39, 0.29) is 0 Å². The molecule has 0 aliphatic heterocycles. The van der Waals surface area contributed by atoms with Gasteiger partial charge in [-0.15, -0.1) is 0 Å². The lowest BCUT2D eigenvalue weighted by Gasteiger charge is -2.02. The minimum Gasteiger partial charge on any atom is -0.204 e. The number of rotatable bonds is 0. The molecule has 0 aliphatic rings. The molecule has 1 aromatic carbocycles. The number of nitrogens with zero attached hydrogens (tertiary/aromatic N) is 1. The maximum absolute atomic E-state index is 12.8. The summed E-state index contributed by atoms with van der Waals surface area (Å²) in [5.41, 5.74) is -0.888. The highest BCUT2D eigenvalue weighted by Crippen LogP contribution is 2.31. The minimum atomic E-state index is -1.61. The van der Waals surface area contributed by atoms with Crippen LogP contribution in [-0.2, 0) is 0 Å². The summed E-state index contributed by atoms with van der Waals surface area (Å²) in [6.07, 6.45) is 0. The van der Waals surface area contributed by atoms with Crippen molar-refractivity contribution in [1.29, 1.82) is 5.26 Å². The molecule has 0 fully saturated rings. The van der Waals surface area contributed by atoms with Gasteiger partial charge in [-0.25, -0.2) is 13.2 Å². The fraction of sp³-hybridized carbons (Fsp3) is 0. The maximum atomic E-state index is 12.8. The molecule has 0 unspecified atom stereocenters. The Morgan fingerprint density at radius 2 is 1.46 bits per heavy atom. The summed E-state index contributed by atoms with van der Waals surface area (Å²) in [7, 11) is 0. The minimum absolute atomic E-state index is 0.814. The van der Waals surface area contributed by atoms with Gasteiger partial charge in [-0.2, -0.15) is 5.26 Å². The molecule has 0 aromatic heterocycles. The first-order valence-corrected chi connectivity index (χ1v) is 3.67. The zero-order valence-electron chi connectivity index (χ0n) is 5.84. The topological polar surface area (TPSA) is 23.8 Å². The van der Waals surface area contributed by atoms with E-state index >= 15 is 0 Å². The Morgan fingerprint density at radius 1 is 0.923 bits per heavy atom.